The molecule has 2 aliphatic rings. The molecule has 1 N–H and O–H groups in total. The predicted octanol–water partition coefficient (Wildman–Crippen LogP) is 2.00. The first-order valence-corrected chi connectivity index (χ1v) is 7.27. The summed E-state index contributed by atoms with van der Waals surface area (Å²) in [4.78, 5) is 36.7. The molecule has 1 unspecified atom stereocenters. The maximum Gasteiger partial charge on any atom is 0.573 e. The molecule has 0 bridgehead atoms. The van der Waals surface area contributed by atoms with E-state index in [1.165, 1.54) is 0 Å². The van der Waals surface area contributed by atoms with Crippen molar-refractivity contribution in [3.63, 3.8) is 0 Å². The first kappa shape index (κ1) is 16.6. The number of fused-ring (bicyclic) bond motifs is 1. The van der Waals surface area contributed by atoms with Crippen LogP contribution in [-0.4, -0.2) is 35.0 Å². The molecule has 2 heterocycles. The minimum atomic E-state index is -4.92. The third-order valence-corrected chi connectivity index (χ3v) is 4.15. The second-order valence-electron chi connectivity index (χ2n) is 5.35. The summed E-state index contributed by atoms with van der Waals surface area (Å²) < 4.78 is 41.5. The van der Waals surface area contributed by atoms with Crippen molar-refractivity contribution in [3.8, 4) is 5.75 Å². The third-order valence-electron chi connectivity index (χ3n) is 3.83. The van der Waals surface area contributed by atoms with E-state index in [4.69, 9.17) is 11.6 Å². The van der Waals surface area contributed by atoms with Crippen LogP contribution in [0, 0.1) is 0 Å². The largest absolute Gasteiger partial charge is 0.573 e. The predicted molar refractivity (Wildman–Crippen MR) is 74.2 cm³/mol. The highest BCUT2D eigenvalue weighted by molar-refractivity contribution is 6.34. The second kappa shape index (κ2) is 5.66. The van der Waals surface area contributed by atoms with Crippen molar-refractivity contribution in [1.82, 2.24) is 10.2 Å². The number of benzene rings is 1. The third kappa shape index (κ3) is 2.91. The van der Waals surface area contributed by atoms with Crippen LogP contribution in [-0.2, 0) is 16.1 Å². The molecular formula is C14H10ClF3N2O4. The lowest BCUT2D eigenvalue weighted by molar-refractivity contribution is -0.275. The van der Waals surface area contributed by atoms with E-state index in [1.54, 1.807) is 0 Å². The summed E-state index contributed by atoms with van der Waals surface area (Å²) in [5, 5.41) is 2.08. The van der Waals surface area contributed by atoms with Gasteiger partial charge in [0.1, 0.15) is 11.8 Å². The van der Waals surface area contributed by atoms with Crippen LogP contribution in [0.2, 0.25) is 5.02 Å². The maximum atomic E-state index is 12.5. The zero-order chi connectivity index (χ0) is 17.6. The first-order valence-electron chi connectivity index (χ1n) is 6.89. The Morgan fingerprint density at radius 1 is 1.25 bits per heavy atom. The van der Waals surface area contributed by atoms with Crippen LogP contribution in [0.5, 0.6) is 5.75 Å². The second-order valence-corrected chi connectivity index (χ2v) is 5.75. The zero-order valence-electron chi connectivity index (χ0n) is 11.9. The minimum absolute atomic E-state index is 0.0284. The smallest absolute Gasteiger partial charge is 0.405 e. The van der Waals surface area contributed by atoms with Gasteiger partial charge in [-0.2, -0.15) is 0 Å². The molecule has 0 aromatic heterocycles. The van der Waals surface area contributed by atoms with Gasteiger partial charge in [-0.25, -0.2) is 0 Å². The number of carbonyl (C=O) groups is 3. The van der Waals surface area contributed by atoms with Gasteiger partial charge in [-0.05, 0) is 18.6 Å². The molecule has 1 fully saturated rings. The topological polar surface area (TPSA) is 75.7 Å². The van der Waals surface area contributed by atoms with Crippen molar-refractivity contribution >= 4 is 29.3 Å². The van der Waals surface area contributed by atoms with Crippen LogP contribution in [0.15, 0.2) is 12.1 Å². The number of hydrogen-bond donors (Lipinski definition) is 1. The number of alkyl halides is 3. The van der Waals surface area contributed by atoms with E-state index in [2.05, 4.69) is 10.1 Å². The van der Waals surface area contributed by atoms with Gasteiger partial charge in [-0.3, -0.25) is 19.7 Å². The molecule has 128 valence electrons. The van der Waals surface area contributed by atoms with Crippen LogP contribution in [0.1, 0.15) is 28.8 Å². The number of ether oxygens (including phenoxy) is 1. The molecule has 1 saturated heterocycles. The minimum Gasteiger partial charge on any atom is -0.405 e. The highest BCUT2D eigenvalue weighted by Gasteiger charge is 2.42. The summed E-state index contributed by atoms with van der Waals surface area (Å²) in [5.41, 5.74) is -0.155. The van der Waals surface area contributed by atoms with Crippen molar-refractivity contribution in [1.29, 1.82) is 0 Å². The van der Waals surface area contributed by atoms with E-state index in [9.17, 15) is 27.6 Å². The molecule has 0 spiro atoms. The van der Waals surface area contributed by atoms with Crippen molar-refractivity contribution in [2.75, 3.05) is 0 Å². The average molecular weight is 363 g/mol. The lowest BCUT2D eigenvalue weighted by atomic mass is 10.0. The summed E-state index contributed by atoms with van der Waals surface area (Å²) >= 11 is 5.93. The number of carbonyl (C=O) groups excluding carboxylic acids is 3. The van der Waals surface area contributed by atoms with E-state index in [1.807, 2.05) is 0 Å². The Kier molecular flexibility index (Phi) is 3.90. The van der Waals surface area contributed by atoms with E-state index in [0.717, 1.165) is 17.0 Å². The number of halogens is 4. The summed E-state index contributed by atoms with van der Waals surface area (Å²) in [7, 11) is 0. The lowest BCUT2D eigenvalue weighted by Crippen LogP contribution is -2.52. The highest BCUT2D eigenvalue weighted by Crippen LogP contribution is 2.39. The summed E-state index contributed by atoms with van der Waals surface area (Å²) in [6.45, 7) is -0.258. The number of amides is 3. The Bertz CT molecular complexity index is 750. The monoisotopic (exact) mass is 362 g/mol. The Morgan fingerprint density at radius 2 is 1.96 bits per heavy atom. The van der Waals surface area contributed by atoms with Crippen molar-refractivity contribution in [2.24, 2.45) is 0 Å². The number of imide groups is 1. The SMILES string of the molecule is O=C1CCC(N2Cc3c(OC(F)(F)F)ccc(Cl)c3C2=O)C(=O)N1. The molecule has 0 saturated carbocycles. The molecule has 1 atom stereocenters. The van der Waals surface area contributed by atoms with E-state index >= 15 is 0 Å². The van der Waals surface area contributed by atoms with Gasteiger partial charge in [0, 0.05) is 12.0 Å². The Balaban J connectivity index is 1.94. The normalized spacial score (nSPS) is 20.9. The Hall–Kier alpha value is -2.29. The molecule has 10 heteroatoms. The average Bonchev–Trinajstić information content (AvgIpc) is 2.80. The number of hydrogen-bond acceptors (Lipinski definition) is 4. The van der Waals surface area contributed by atoms with Crippen molar-refractivity contribution in [3.05, 3.63) is 28.3 Å². The maximum absolute atomic E-state index is 12.5. The summed E-state index contributed by atoms with van der Waals surface area (Å²) in [5.74, 6) is -2.33. The van der Waals surface area contributed by atoms with Crippen LogP contribution in [0.3, 0.4) is 0 Å². The number of nitrogens with zero attached hydrogens (tertiary/aromatic N) is 1. The zero-order valence-corrected chi connectivity index (χ0v) is 12.7. The fourth-order valence-corrected chi connectivity index (χ4v) is 3.08. The molecule has 0 aliphatic carbocycles. The van der Waals surface area contributed by atoms with Gasteiger partial charge in [0.05, 0.1) is 17.1 Å². The fraction of sp³-hybridized carbons (Fsp3) is 0.357. The number of rotatable bonds is 2. The fourth-order valence-electron chi connectivity index (χ4n) is 2.83. The van der Waals surface area contributed by atoms with Gasteiger partial charge in [0.2, 0.25) is 11.8 Å². The van der Waals surface area contributed by atoms with Gasteiger partial charge in [-0.15, -0.1) is 13.2 Å². The lowest BCUT2D eigenvalue weighted by Gasteiger charge is -2.29. The quantitative estimate of drug-likeness (QED) is 0.816. The molecule has 1 aromatic carbocycles. The van der Waals surface area contributed by atoms with Crippen LogP contribution in [0.4, 0.5) is 13.2 Å². The number of nitrogens with one attached hydrogen (secondary N) is 1. The molecule has 3 rings (SSSR count). The Labute approximate surface area is 138 Å². The van der Waals surface area contributed by atoms with Gasteiger partial charge >= 0.3 is 6.36 Å². The molecule has 0 radical (unpaired) electrons. The summed E-state index contributed by atoms with van der Waals surface area (Å²) in [6, 6.07) is 1.21. The molecule has 24 heavy (non-hydrogen) atoms. The molecule has 2 aliphatic heterocycles. The van der Waals surface area contributed by atoms with Gasteiger partial charge in [0.15, 0.2) is 0 Å². The first-order chi connectivity index (χ1) is 11.2. The Morgan fingerprint density at radius 3 is 2.58 bits per heavy atom. The van der Waals surface area contributed by atoms with E-state index in [-0.39, 0.29) is 35.5 Å². The molecular weight excluding hydrogens is 353 g/mol. The van der Waals surface area contributed by atoms with Crippen molar-refractivity contribution < 1.29 is 32.3 Å². The van der Waals surface area contributed by atoms with Gasteiger partial charge < -0.3 is 9.64 Å². The van der Waals surface area contributed by atoms with Gasteiger partial charge in [-0.1, -0.05) is 11.6 Å². The van der Waals surface area contributed by atoms with E-state index < -0.39 is 35.9 Å². The van der Waals surface area contributed by atoms with E-state index in [0.29, 0.717) is 0 Å². The van der Waals surface area contributed by atoms with Crippen molar-refractivity contribution in [2.45, 2.75) is 31.8 Å². The molecule has 1 aromatic rings. The van der Waals surface area contributed by atoms with Crippen LogP contribution in [0.25, 0.3) is 0 Å². The number of piperidine rings is 1. The highest BCUT2D eigenvalue weighted by atomic mass is 35.5. The van der Waals surface area contributed by atoms with Crippen LogP contribution >= 0.6 is 11.6 Å². The summed E-state index contributed by atoms with van der Waals surface area (Å²) in [6.07, 6.45) is -4.79. The van der Waals surface area contributed by atoms with Gasteiger partial charge in [0.25, 0.3) is 5.91 Å². The molecule has 3 amide bonds. The van der Waals surface area contributed by atoms with Crippen LogP contribution < -0.4 is 10.1 Å². The standard InChI is InChI=1S/C14H10ClF3N2O4/c15-7-1-3-9(24-14(16,17)18)6-5-20(13(23)11(6)7)8-2-4-10(21)19-12(8)22/h1,3,8H,2,4-5H2,(H,19,21,22). The molecule has 6 nitrogen and oxygen atoms in total.